The molecule has 0 aliphatic heterocycles. The fourth-order valence-corrected chi connectivity index (χ4v) is 1.64. The van der Waals surface area contributed by atoms with Crippen LogP contribution in [0, 0.1) is 0 Å². The second kappa shape index (κ2) is 6.64. The van der Waals surface area contributed by atoms with Gasteiger partial charge in [-0.2, -0.15) is 0 Å². The summed E-state index contributed by atoms with van der Waals surface area (Å²) in [6.07, 6.45) is 0. The van der Waals surface area contributed by atoms with Crippen LogP contribution in [0.15, 0.2) is 24.3 Å². The molecule has 18 heavy (non-hydrogen) atoms. The van der Waals surface area contributed by atoms with Crippen LogP contribution >= 0.6 is 0 Å². The number of ether oxygens (including phenoxy) is 1. The first-order valence-corrected chi connectivity index (χ1v) is 5.71. The van der Waals surface area contributed by atoms with Crippen LogP contribution in [0.3, 0.4) is 0 Å². The first-order valence-electron chi connectivity index (χ1n) is 5.71. The molecule has 0 heterocycles. The zero-order valence-electron chi connectivity index (χ0n) is 10.9. The lowest BCUT2D eigenvalue weighted by Crippen LogP contribution is -2.37. The molecule has 1 aromatic carbocycles. The largest absolute Gasteiger partial charge is 0.495 e. The van der Waals surface area contributed by atoms with Gasteiger partial charge in [0.05, 0.1) is 12.8 Å². The maximum atomic E-state index is 11.6. The van der Waals surface area contributed by atoms with Crippen molar-refractivity contribution in [3.63, 3.8) is 0 Å². The van der Waals surface area contributed by atoms with Gasteiger partial charge in [-0.1, -0.05) is 12.1 Å². The van der Waals surface area contributed by atoms with Crippen LogP contribution in [0.4, 0.5) is 5.69 Å². The van der Waals surface area contributed by atoms with Crippen molar-refractivity contribution in [2.45, 2.75) is 13.8 Å². The first kappa shape index (κ1) is 14.0. The number of rotatable bonds is 5. The van der Waals surface area contributed by atoms with E-state index in [1.54, 1.807) is 18.1 Å². The summed E-state index contributed by atoms with van der Waals surface area (Å²) < 4.78 is 5.22. The predicted molar refractivity (Wildman–Crippen MR) is 69.7 cm³/mol. The van der Waals surface area contributed by atoms with Gasteiger partial charge in [-0.3, -0.25) is 9.59 Å². The third-order valence-electron chi connectivity index (χ3n) is 2.47. The molecule has 5 heteroatoms. The molecular weight excluding hydrogens is 232 g/mol. The maximum absolute atomic E-state index is 11.6. The van der Waals surface area contributed by atoms with Gasteiger partial charge in [0, 0.05) is 26.9 Å². The Morgan fingerprint density at radius 1 is 1.28 bits per heavy atom. The molecule has 0 radical (unpaired) electrons. The summed E-state index contributed by atoms with van der Waals surface area (Å²) in [6.45, 7) is 3.75. The zero-order valence-corrected chi connectivity index (χ0v) is 10.9. The monoisotopic (exact) mass is 250 g/mol. The van der Waals surface area contributed by atoms with Crippen LogP contribution < -0.4 is 15.0 Å². The number of benzene rings is 1. The zero-order chi connectivity index (χ0) is 13.5. The van der Waals surface area contributed by atoms with E-state index in [9.17, 15) is 9.59 Å². The molecule has 0 saturated heterocycles. The normalized spacial score (nSPS) is 9.72. The lowest BCUT2D eigenvalue weighted by atomic mass is 10.2. The number of nitrogens with one attached hydrogen (secondary N) is 1. The summed E-state index contributed by atoms with van der Waals surface area (Å²) in [4.78, 5) is 24.0. The molecule has 0 spiro atoms. The minimum atomic E-state index is -0.112. The molecule has 0 aromatic heterocycles. The van der Waals surface area contributed by atoms with Crippen molar-refractivity contribution in [3.8, 4) is 5.75 Å². The topological polar surface area (TPSA) is 58.6 Å². The van der Waals surface area contributed by atoms with Crippen LogP contribution in [-0.2, 0) is 9.59 Å². The summed E-state index contributed by atoms with van der Waals surface area (Å²) in [5.74, 6) is 0.430. The highest BCUT2D eigenvalue weighted by Crippen LogP contribution is 2.27. The van der Waals surface area contributed by atoms with Crippen LogP contribution in [-0.4, -0.2) is 32.0 Å². The molecule has 0 saturated carbocycles. The molecule has 0 unspecified atom stereocenters. The SMILES string of the molecule is COc1ccccc1N(CCNC(C)=O)C(C)=O. The highest BCUT2D eigenvalue weighted by molar-refractivity contribution is 5.93. The quantitative estimate of drug-likeness (QED) is 0.853. The molecule has 0 bridgehead atoms. The van der Waals surface area contributed by atoms with Crippen LogP contribution in [0.5, 0.6) is 5.75 Å². The minimum Gasteiger partial charge on any atom is -0.495 e. The number of hydrogen-bond acceptors (Lipinski definition) is 3. The van der Waals surface area contributed by atoms with Crippen molar-refractivity contribution in [1.82, 2.24) is 5.32 Å². The third kappa shape index (κ3) is 3.76. The van der Waals surface area contributed by atoms with Crippen molar-refractivity contribution >= 4 is 17.5 Å². The van der Waals surface area contributed by atoms with Crippen LogP contribution in [0.2, 0.25) is 0 Å². The summed E-state index contributed by atoms with van der Waals surface area (Å²) in [5, 5.41) is 2.66. The molecule has 98 valence electrons. The Labute approximate surface area is 107 Å². The lowest BCUT2D eigenvalue weighted by molar-refractivity contribution is -0.119. The smallest absolute Gasteiger partial charge is 0.224 e. The average molecular weight is 250 g/mol. The Hall–Kier alpha value is -2.04. The second-order valence-electron chi connectivity index (χ2n) is 3.83. The Kier molecular flexibility index (Phi) is 5.17. The summed E-state index contributed by atoms with van der Waals surface area (Å²) in [5.41, 5.74) is 0.706. The van der Waals surface area contributed by atoms with Gasteiger partial charge in [0.15, 0.2) is 0 Å². The number of nitrogens with zero attached hydrogens (tertiary/aromatic N) is 1. The van der Waals surface area contributed by atoms with Crippen molar-refractivity contribution in [2.75, 3.05) is 25.1 Å². The minimum absolute atomic E-state index is 0.0927. The fourth-order valence-electron chi connectivity index (χ4n) is 1.64. The van der Waals surface area contributed by atoms with Crippen molar-refractivity contribution in [3.05, 3.63) is 24.3 Å². The number of carbonyl (C=O) groups excluding carboxylic acids is 2. The van der Waals surface area contributed by atoms with Gasteiger partial charge in [-0.15, -0.1) is 0 Å². The molecule has 0 aliphatic carbocycles. The molecule has 1 rings (SSSR count). The average Bonchev–Trinajstić information content (AvgIpc) is 2.34. The molecule has 1 aromatic rings. The molecular formula is C13H18N2O3. The van der Waals surface area contributed by atoms with E-state index in [1.165, 1.54) is 13.8 Å². The van der Waals surface area contributed by atoms with Crippen molar-refractivity contribution < 1.29 is 14.3 Å². The molecule has 1 N–H and O–H groups in total. The number of anilines is 1. The molecule has 5 nitrogen and oxygen atoms in total. The van der Waals surface area contributed by atoms with E-state index in [0.29, 0.717) is 24.5 Å². The highest BCUT2D eigenvalue weighted by Gasteiger charge is 2.15. The number of methoxy groups -OCH3 is 1. The predicted octanol–water partition coefficient (Wildman–Crippen LogP) is 1.18. The first-order chi connectivity index (χ1) is 8.56. The van der Waals surface area contributed by atoms with Gasteiger partial charge in [0.2, 0.25) is 11.8 Å². The Morgan fingerprint density at radius 3 is 2.50 bits per heavy atom. The van der Waals surface area contributed by atoms with E-state index in [1.807, 2.05) is 18.2 Å². The maximum Gasteiger partial charge on any atom is 0.224 e. The van der Waals surface area contributed by atoms with Crippen LogP contribution in [0.1, 0.15) is 13.8 Å². The summed E-state index contributed by atoms with van der Waals surface area (Å²) >= 11 is 0. The van der Waals surface area contributed by atoms with Gasteiger partial charge in [-0.25, -0.2) is 0 Å². The van der Waals surface area contributed by atoms with Gasteiger partial charge in [0.1, 0.15) is 5.75 Å². The lowest BCUT2D eigenvalue weighted by Gasteiger charge is -2.23. The second-order valence-corrected chi connectivity index (χ2v) is 3.83. The molecule has 0 aliphatic rings. The number of hydrogen-bond donors (Lipinski definition) is 1. The molecule has 0 atom stereocenters. The summed E-state index contributed by atoms with van der Waals surface area (Å²) in [7, 11) is 1.56. The van der Waals surface area contributed by atoms with Crippen molar-refractivity contribution in [1.29, 1.82) is 0 Å². The van der Waals surface area contributed by atoms with Crippen LogP contribution in [0.25, 0.3) is 0 Å². The Morgan fingerprint density at radius 2 is 1.94 bits per heavy atom. The van der Waals surface area contributed by atoms with E-state index in [-0.39, 0.29) is 11.8 Å². The van der Waals surface area contributed by atoms with Crippen molar-refractivity contribution in [2.24, 2.45) is 0 Å². The van der Waals surface area contributed by atoms with Gasteiger partial charge in [0.25, 0.3) is 0 Å². The number of carbonyl (C=O) groups is 2. The highest BCUT2D eigenvalue weighted by atomic mass is 16.5. The van der Waals surface area contributed by atoms with Gasteiger partial charge < -0.3 is 15.0 Å². The fraction of sp³-hybridized carbons (Fsp3) is 0.385. The third-order valence-corrected chi connectivity index (χ3v) is 2.47. The van der Waals surface area contributed by atoms with E-state index in [2.05, 4.69) is 5.32 Å². The van der Waals surface area contributed by atoms with E-state index < -0.39 is 0 Å². The van der Waals surface area contributed by atoms with Gasteiger partial charge in [-0.05, 0) is 12.1 Å². The van der Waals surface area contributed by atoms with E-state index in [0.717, 1.165) is 0 Å². The standard InChI is InChI=1S/C13H18N2O3/c1-10(16)14-8-9-15(11(2)17)12-6-4-5-7-13(12)18-3/h4-7H,8-9H2,1-3H3,(H,14,16). The molecule has 2 amide bonds. The van der Waals surface area contributed by atoms with Gasteiger partial charge >= 0.3 is 0 Å². The Bertz CT molecular complexity index is 432. The summed E-state index contributed by atoms with van der Waals surface area (Å²) in [6, 6.07) is 7.29. The van der Waals surface area contributed by atoms with E-state index >= 15 is 0 Å². The number of amides is 2. The van der Waals surface area contributed by atoms with E-state index in [4.69, 9.17) is 4.74 Å². The number of para-hydroxylation sites is 2. The molecule has 0 fully saturated rings. The Balaban J connectivity index is 2.84.